The van der Waals surface area contributed by atoms with E-state index in [2.05, 4.69) is 28.8 Å². The molecule has 2 aliphatic rings. The zero-order chi connectivity index (χ0) is 21.8. The molecule has 3 aromatic rings. The smallest absolute Gasteiger partial charge is 0.229 e. The summed E-state index contributed by atoms with van der Waals surface area (Å²) in [6.45, 7) is 3.71. The fourth-order valence-electron chi connectivity index (χ4n) is 5.51. The van der Waals surface area contributed by atoms with Crippen molar-refractivity contribution in [2.75, 3.05) is 24.1 Å². The van der Waals surface area contributed by atoms with Gasteiger partial charge < -0.3 is 9.88 Å². The first-order chi connectivity index (χ1) is 14.8. The third-order valence-electron chi connectivity index (χ3n) is 7.18. The number of aromatic amines is 1. The number of nitrogens with one attached hydrogen (secondary N) is 2. The van der Waals surface area contributed by atoms with Gasteiger partial charge in [0.2, 0.25) is 15.9 Å². The molecule has 31 heavy (non-hydrogen) atoms. The van der Waals surface area contributed by atoms with Gasteiger partial charge in [-0.25, -0.2) is 8.42 Å². The van der Waals surface area contributed by atoms with Gasteiger partial charge in [-0.15, -0.1) is 0 Å². The third-order valence-corrected chi connectivity index (χ3v) is 7.78. The number of hydrogen-bond acceptors (Lipinski definition) is 3. The van der Waals surface area contributed by atoms with Crippen molar-refractivity contribution in [3.8, 4) is 0 Å². The summed E-state index contributed by atoms with van der Waals surface area (Å²) in [5.41, 5.74) is 3.91. The number of nitrogens with zero attached hydrogens (tertiary/aromatic N) is 1. The van der Waals surface area contributed by atoms with Crippen LogP contribution in [0.2, 0.25) is 0 Å². The number of rotatable bonds is 6. The number of carbonyl (C=O) groups excluding carboxylic acids is 1. The largest absolute Gasteiger partial charge is 0.361 e. The van der Waals surface area contributed by atoms with Crippen LogP contribution in [-0.4, -0.2) is 43.6 Å². The van der Waals surface area contributed by atoms with Crippen molar-refractivity contribution in [1.82, 2.24) is 9.88 Å². The van der Waals surface area contributed by atoms with E-state index in [4.69, 9.17) is 0 Å². The van der Waals surface area contributed by atoms with Crippen LogP contribution in [0.15, 0.2) is 54.7 Å². The van der Waals surface area contributed by atoms with E-state index in [1.807, 2.05) is 41.4 Å². The average Bonchev–Trinajstić information content (AvgIpc) is 3.08. The lowest BCUT2D eigenvalue weighted by atomic mass is 9.92. The molecule has 5 rings (SSSR count). The van der Waals surface area contributed by atoms with Gasteiger partial charge in [0.25, 0.3) is 0 Å². The van der Waals surface area contributed by atoms with Gasteiger partial charge in [-0.3, -0.25) is 9.52 Å². The molecule has 1 amide bonds. The number of sulfonamides is 1. The van der Waals surface area contributed by atoms with E-state index >= 15 is 0 Å². The molecule has 1 aliphatic carbocycles. The maximum Gasteiger partial charge on any atom is 0.229 e. The van der Waals surface area contributed by atoms with Crippen molar-refractivity contribution in [3.05, 3.63) is 65.9 Å². The second-order valence-corrected chi connectivity index (χ2v) is 10.8. The summed E-state index contributed by atoms with van der Waals surface area (Å²) in [4.78, 5) is 18.3. The summed E-state index contributed by atoms with van der Waals surface area (Å²) in [6, 6.07) is 15.8. The van der Waals surface area contributed by atoms with E-state index in [1.54, 1.807) is 6.07 Å². The Kier molecular flexibility index (Phi) is 4.62. The number of aryl methyl sites for hydroxylation is 1. The lowest BCUT2D eigenvalue weighted by Crippen LogP contribution is -2.34. The van der Waals surface area contributed by atoms with Crippen LogP contribution in [0.4, 0.5) is 5.69 Å². The molecule has 7 heteroatoms. The summed E-state index contributed by atoms with van der Waals surface area (Å²) < 4.78 is 25.8. The number of piperidine rings is 1. The minimum absolute atomic E-state index is 0.0639. The molecule has 0 radical (unpaired) electrons. The van der Waals surface area contributed by atoms with Crippen LogP contribution in [0, 0.1) is 11.8 Å². The number of benzene rings is 2. The number of aromatic nitrogens is 1. The number of carbonyl (C=O) groups is 1. The van der Waals surface area contributed by atoms with E-state index in [0.29, 0.717) is 30.5 Å². The molecule has 1 saturated carbocycles. The van der Waals surface area contributed by atoms with Crippen LogP contribution in [-0.2, 0) is 26.7 Å². The van der Waals surface area contributed by atoms with E-state index < -0.39 is 10.0 Å². The number of likely N-dealkylation sites (tertiary alicyclic amines) is 1. The maximum absolute atomic E-state index is 13.0. The third kappa shape index (κ3) is 3.51. The van der Waals surface area contributed by atoms with Crippen molar-refractivity contribution < 1.29 is 13.2 Å². The predicted molar refractivity (Wildman–Crippen MR) is 122 cm³/mol. The van der Waals surface area contributed by atoms with Crippen molar-refractivity contribution >= 4 is 32.5 Å². The van der Waals surface area contributed by atoms with Crippen molar-refractivity contribution in [3.63, 3.8) is 0 Å². The second-order valence-electron chi connectivity index (χ2n) is 9.02. The fraction of sp³-hybridized carbons (Fsp3) is 0.375. The molecule has 162 valence electrons. The first-order valence-corrected chi connectivity index (χ1v) is 12.6. The highest BCUT2D eigenvalue weighted by Crippen LogP contribution is 2.64. The molecule has 0 bridgehead atoms. The van der Waals surface area contributed by atoms with Crippen molar-refractivity contribution in [2.24, 2.45) is 11.8 Å². The normalized spacial score (nSPS) is 24.9. The van der Waals surface area contributed by atoms with E-state index in [9.17, 15) is 13.2 Å². The molecule has 1 aliphatic heterocycles. The minimum Gasteiger partial charge on any atom is -0.361 e. The first-order valence-electron chi connectivity index (χ1n) is 10.7. The van der Waals surface area contributed by atoms with Crippen LogP contribution in [0.5, 0.6) is 0 Å². The fourth-order valence-corrected chi connectivity index (χ4v) is 6.06. The van der Waals surface area contributed by atoms with Gasteiger partial charge in [-0.05, 0) is 47.6 Å². The zero-order valence-corrected chi connectivity index (χ0v) is 18.6. The Hall–Kier alpha value is -2.80. The van der Waals surface area contributed by atoms with Crippen LogP contribution >= 0.6 is 0 Å². The Labute approximate surface area is 182 Å². The Morgan fingerprint density at radius 1 is 1.23 bits per heavy atom. The number of anilines is 1. The lowest BCUT2D eigenvalue weighted by molar-refractivity contribution is -0.130. The predicted octanol–water partition coefficient (Wildman–Crippen LogP) is 3.52. The van der Waals surface area contributed by atoms with E-state index in [-0.39, 0.29) is 11.3 Å². The van der Waals surface area contributed by atoms with Crippen molar-refractivity contribution in [1.29, 1.82) is 0 Å². The molecular formula is C24H27N3O3S. The maximum atomic E-state index is 13.0. The highest BCUT2D eigenvalue weighted by atomic mass is 32.2. The van der Waals surface area contributed by atoms with Gasteiger partial charge in [0.15, 0.2) is 0 Å². The molecule has 2 heterocycles. The van der Waals surface area contributed by atoms with Gasteiger partial charge >= 0.3 is 0 Å². The van der Waals surface area contributed by atoms with Crippen LogP contribution < -0.4 is 4.72 Å². The summed E-state index contributed by atoms with van der Waals surface area (Å²) >= 11 is 0. The monoisotopic (exact) mass is 437 g/mol. The number of para-hydroxylation sites is 1. The summed E-state index contributed by atoms with van der Waals surface area (Å²) in [5, 5.41) is 1.18. The molecule has 2 fully saturated rings. The molecule has 2 aromatic carbocycles. The molecule has 6 nitrogen and oxygen atoms in total. The minimum atomic E-state index is -3.32. The standard InChI is InChI=1S/C24H27N3O3S/c1-16-21-14-27(23(28)11-10-17-13-25-22-9-4-3-8-20(17)22)15-24(16,21)18-6-5-7-19(12-18)26-31(2,29)30/h3-9,12-13,16,21,25-26H,10-11,14-15H2,1-2H3. The topological polar surface area (TPSA) is 82.3 Å². The second kappa shape index (κ2) is 7.12. The summed E-state index contributed by atoms with van der Waals surface area (Å²) in [6.07, 6.45) is 4.38. The van der Waals surface area contributed by atoms with Crippen LogP contribution in [0.3, 0.4) is 0 Å². The number of hydrogen-bond donors (Lipinski definition) is 2. The Bertz CT molecular complexity index is 1270. The molecule has 3 unspecified atom stereocenters. The lowest BCUT2D eigenvalue weighted by Gasteiger charge is -2.24. The van der Waals surface area contributed by atoms with Gasteiger partial charge in [-0.1, -0.05) is 37.3 Å². The average molecular weight is 438 g/mol. The molecule has 3 atom stereocenters. The molecule has 1 aromatic heterocycles. The van der Waals surface area contributed by atoms with Gasteiger partial charge in [0, 0.05) is 47.7 Å². The zero-order valence-electron chi connectivity index (χ0n) is 17.8. The highest BCUT2D eigenvalue weighted by Gasteiger charge is 2.67. The number of fused-ring (bicyclic) bond motifs is 2. The molecule has 2 N–H and O–H groups in total. The summed E-state index contributed by atoms with van der Waals surface area (Å²) in [7, 11) is -3.32. The molecular weight excluding hydrogens is 410 g/mol. The SMILES string of the molecule is CC1C2CN(C(=O)CCc3c[nH]c4ccccc34)CC12c1cccc(NS(C)(=O)=O)c1. The first kappa shape index (κ1) is 20.1. The molecule has 0 spiro atoms. The number of H-pyrrole nitrogens is 1. The number of amides is 1. The van der Waals surface area contributed by atoms with Gasteiger partial charge in [-0.2, -0.15) is 0 Å². The van der Waals surface area contributed by atoms with E-state index in [0.717, 1.165) is 30.3 Å². The molecule has 1 saturated heterocycles. The van der Waals surface area contributed by atoms with Crippen molar-refractivity contribution in [2.45, 2.75) is 25.2 Å². The van der Waals surface area contributed by atoms with Crippen LogP contribution in [0.25, 0.3) is 10.9 Å². The Morgan fingerprint density at radius 2 is 2.03 bits per heavy atom. The Balaban J connectivity index is 1.29. The van der Waals surface area contributed by atoms with Crippen LogP contribution in [0.1, 0.15) is 24.5 Å². The van der Waals surface area contributed by atoms with E-state index in [1.165, 1.54) is 10.9 Å². The Morgan fingerprint density at radius 3 is 2.84 bits per heavy atom. The summed E-state index contributed by atoms with van der Waals surface area (Å²) in [5.74, 6) is 1.10. The van der Waals surface area contributed by atoms with Gasteiger partial charge in [0.05, 0.1) is 6.26 Å². The quantitative estimate of drug-likeness (QED) is 0.619. The van der Waals surface area contributed by atoms with Gasteiger partial charge in [0.1, 0.15) is 0 Å². The highest BCUT2D eigenvalue weighted by molar-refractivity contribution is 7.92.